The normalized spacial score (nSPS) is 7.67. The molecule has 0 aliphatic rings. The molecular formula is C3H6NO2. The predicted molar refractivity (Wildman–Crippen MR) is 20.6 cm³/mol. The van der Waals surface area contributed by atoms with Gasteiger partial charge in [0.15, 0.2) is 0 Å². The molecule has 0 rings (SSSR count). The maximum Gasteiger partial charge on any atom is 0.222 e. The van der Waals surface area contributed by atoms with Gasteiger partial charge in [0.2, 0.25) is 5.91 Å². The standard InChI is InChI=1S/C3H6NO2/c1-3(6)4-2-5/h5H,1-2H2,(H,4,6). The van der Waals surface area contributed by atoms with Gasteiger partial charge in [0.1, 0.15) is 6.73 Å². The molecule has 2 N–H and O–H groups in total. The Bertz CT molecular complexity index is 52.8. The Morgan fingerprint density at radius 2 is 2.50 bits per heavy atom. The molecule has 0 unspecified atom stereocenters. The summed E-state index contributed by atoms with van der Waals surface area (Å²) in [5.74, 6) is -0.461. The van der Waals surface area contributed by atoms with Gasteiger partial charge >= 0.3 is 0 Å². The zero-order valence-electron chi connectivity index (χ0n) is 3.27. The highest BCUT2D eigenvalue weighted by atomic mass is 16.3. The van der Waals surface area contributed by atoms with Crippen LogP contribution in [0.3, 0.4) is 0 Å². The highest BCUT2D eigenvalue weighted by molar-refractivity contribution is 5.79. The molecule has 0 atom stereocenters. The number of amides is 1. The van der Waals surface area contributed by atoms with E-state index in [0.717, 1.165) is 0 Å². The van der Waals surface area contributed by atoms with Gasteiger partial charge < -0.3 is 10.4 Å². The Morgan fingerprint density at radius 1 is 2.00 bits per heavy atom. The van der Waals surface area contributed by atoms with Crippen LogP contribution in [0.2, 0.25) is 0 Å². The molecule has 0 aromatic heterocycles. The third-order valence-corrected chi connectivity index (χ3v) is 0.276. The van der Waals surface area contributed by atoms with Crippen LogP contribution < -0.4 is 5.32 Å². The van der Waals surface area contributed by atoms with E-state index in [1.807, 2.05) is 5.32 Å². The Hall–Kier alpha value is -0.570. The molecule has 0 aromatic rings. The second-order valence-corrected chi connectivity index (χ2v) is 0.758. The number of hydrogen-bond acceptors (Lipinski definition) is 2. The molecule has 0 bridgehead atoms. The second-order valence-electron chi connectivity index (χ2n) is 0.758. The van der Waals surface area contributed by atoms with E-state index in [2.05, 4.69) is 6.92 Å². The Morgan fingerprint density at radius 3 is 2.50 bits per heavy atom. The van der Waals surface area contributed by atoms with Crippen molar-refractivity contribution in [3.63, 3.8) is 0 Å². The Labute approximate surface area is 36.0 Å². The minimum Gasteiger partial charge on any atom is -0.377 e. The number of hydrogen-bond donors (Lipinski definition) is 2. The lowest BCUT2D eigenvalue weighted by molar-refractivity contribution is -0.117. The third-order valence-electron chi connectivity index (χ3n) is 0.276. The number of carbonyl (C=O) groups excluding carboxylic acids is 1. The lowest BCUT2D eigenvalue weighted by Crippen LogP contribution is -2.20. The smallest absolute Gasteiger partial charge is 0.222 e. The van der Waals surface area contributed by atoms with Gasteiger partial charge in [-0.3, -0.25) is 4.79 Å². The lowest BCUT2D eigenvalue weighted by atomic mass is 10.7. The molecule has 0 aliphatic heterocycles. The first kappa shape index (κ1) is 5.43. The molecule has 3 heteroatoms. The third kappa shape index (κ3) is 3.43. The molecule has 6 heavy (non-hydrogen) atoms. The highest BCUT2D eigenvalue weighted by Gasteiger charge is 1.80. The summed E-state index contributed by atoms with van der Waals surface area (Å²) in [4.78, 5) is 9.66. The van der Waals surface area contributed by atoms with Crippen LogP contribution in [-0.4, -0.2) is 17.7 Å². The summed E-state index contributed by atoms with van der Waals surface area (Å²) in [6, 6.07) is 0. The first-order valence-electron chi connectivity index (χ1n) is 1.48. The van der Waals surface area contributed by atoms with Crippen molar-refractivity contribution in [1.82, 2.24) is 5.32 Å². The molecule has 35 valence electrons. The van der Waals surface area contributed by atoms with Crippen molar-refractivity contribution in [2.45, 2.75) is 0 Å². The van der Waals surface area contributed by atoms with Crippen LogP contribution in [-0.2, 0) is 4.79 Å². The van der Waals surface area contributed by atoms with E-state index in [4.69, 9.17) is 5.11 Å². The van der Waals surface area contributed by atoms with Crippen molar-refractivity contribution < 1.29 is 9.90 Å². The molecule has 0 fully saturated rings. The van der Waals surface area contributed by atoms with Gasteiger partial charge in [-0.05, 0) is 0 Å². The summed E-state index contributed by atoms with van der Waals surface area (Å²) in [5.41, 5.74) is 0. The minimum atomic E-state index is -0.461. The zero-order chi connectivity index (χ0) is 4.99. The first-order chi connectivity index (χ1) is 2.77. The fourth-order valence-corrected chi connectivity index (χ4v) is 0.0882. The largest absolute Gasteiger partial charge is 0.377 e. The van der Waals surface area contributed by atoms with E-state index in [0.29, 0.717) is 0 Å². The summed E-state index contributed by atoms with van der Waals surface area (Å²) < 4.78 is 0. The van der Waals surface area contributed by atoms with Crippen LogP contribution in [0.25, 0.3) is 0 Å². The van der Waals surface area contributed by atoms with Gasteiger partial charge in [0.05, 0.1) is 0 Å². The SMILES string of the molecule is [CH2]C(=O)NCO. The van der Waals surface area contributed by atoms with Crippen molar-refractivity contribution in [3.05, 3.63) is 6.92 Å². The number of aliphatic hydroxyl groups is 1. The minimum absolute atomic E-state index is 0.331. The van der Waals surface area contributed by atoms with Crippen LogP contribution in [0.1, 0.15) is 0 Å². The molecule has 0 heterocycles. The average molecular weight is 88.1 g/mol. The van der Waals surface area contributed by atoms with Gasteiger partial charge in [-0.25, -0.2) is 0 Å². The van der Waals surface area contributed by atoms with Crippen molar-refractivity contribution in [2.75, 3.05) is 6.73 Å². The molecule has 0 saturated carbocycles. The second kappa shape index (κ2) is 2.66. The highest BCUT2D eigenvalue weighted by Crippen LogP contribution is 1.49. The lowest BCUT2D eigenvalue weighted by Gasteiger charge is -1.88. The molecule has 1 amide bonds. The van der Waals surface area contributed by atoms with Gasteiger partial charge in [-0.2, -0.15) is 0 Å². The number of rotatable bonds is 1. The summed E-state index contributed by atoms with van der Waals surface area (Å²) in [6.07, 6.45) is 0. The van der Waals surface area contributed by atoms with Gasteiger partial charge in [0.25, 0.3) is 0 Å². The van der Waals surface area contributed by atoms with Gasteiger partial charge in [0, 0.05) is 6.92 Å². The monoisotopic (exact) mass is 88.0 g/mol. The summed E-state index contributed by atoms with van der Waals surface area (Å²) in [6.45, 7) is 2.59. The maximum absolute atomic E-state index is 9.66. The van der Waals surface area contributed by atoms with E-state index in [-0.39, 0.29) is 6.73 Å². The van der Waals surface area contributed by atoms with Crippen LogP contribution in [0.5, 0.6) is 0 Å². The van der Waals surface area contributed by atoms with Crippen molar-refractivity contribution >= 4 is 5.91 Å². The van der Waals surface area contributed by atoms with Crippen molar-refractivity contribution in [2.24, 2.45) is 0 Å². The van der Waals surface area contributed by atoms with Crippen LogP contribution in [0.15, 0.2) is 0 Å². The summed E-state index contributed by atoms with van der Waals surface area (Å²) in [5, 5.41) is 9.88. The maximum atomic E-state index is 9.66. The fraction of sp³-hybridized carbons (Fsp3) is 0.333. The quantitative estimate of drug-likeness (QED) is 0.399. The predicted octanol–water partition coefficient (Wildman–Crippen LogP) is -1.11. The molecular weight excluding hydrogens is 82.0 g/mol. The Balaban J connectivity index is 2.83. The number of nitrogens with one attached hydrogen (secondary N) is 1. The van der Waals surface area contributed by atoms with E-state index in [1.165, 1.54) is 0 Å². The average Bonchev–Trinajstić information content (AvgIpc) is 1.35. The summed E-state index contributed by atoms with van der Waals surface area (Å²) in [7, 11) is 0. The topological polar surface area (TPSA) is 49.3 Å². The molecule has 1 radical (unpaired) electrons. The van der Waals surface area contributed by atoms with Crippen molar-refractivity contribution in [3.8, 4) is 0 Å². The molecule has 3 nitrogen and oxygen atoms in total. The zero-order valence-corrected chi connectivity index (χ0v) is 3.27. The van der Waals surface area contributed by atoms with E-state index in [1.54, 1.807) is 0 Å². The molecule has 0 aromatic carbocycles. The van der Waals surface area contributed by atoms with Crippen molar-refractivity contribution in [1.29, 1.82) is 0 Å². The molecule has 0 aliphatic carbocycles. The number of aliphatic hydroxyl groups excluding tert-OH is 1. The number of carbonyl (C=O) groups is 1. The summed E-state index contributed by atoms with van der Waals surface area (Å²) >= 11 is 0. The van der Waals surface area contributed by atoms with E-state index in [9.17, 15) is 4.79 Å². The van der Waals surface area contributed by atoms with Crippen LogP contribution in [0.4, 0.5) is 0 Å². The van der Waals surface area contributed by atoms with Crippen LogP contribution in [0, 0.1) is 6.92 Å². The Kier molecular flexibility index (Phi) is 2.40. The van der Waals surface area contributed by atoms with Crippen LogP contribution >= 0.6 is 0 Å². The first-order valence-corrected chi connectivity index (χ1v) is 1.48. The fourth-order valence-electron chi connectivity index (χ4n) is 0.0882. The van der Waals surface area contributed by atoms with E-state index >= 15 is 0 Å². The van der Waals surface area contributed by atoms with Gasteiger partial charge in [-0.1, -0.05) is 0 Å². The van der Waals surface area contributed by atoms with E-state index < -0.39 is 5.91 Å². The molecule has 0 spiro atoms. The van der Waals surface area contributed by atoms with Gasteiger partial charge in [-0.15, -0.1) is 0 Å². The molecule has 0 saturated heterocycles.